The highest BCUT2D eigenvalue weighted by molar-refractivity contribution is 5.77. The molecule has 0 radical (unpaired) electrons. The molecule has 0 aromatic carbocycles. The van der Waals surface area contributed by atoms with Crippen molar-refractivity contribution in [2.75, 3.05) is 36.5 Å². The van der Waals surface area contributed by atoms with Crippen LogP contribution in [-0.2, 0) is 0 Å². The fraction of sp³-hybridized carbons (Fsp3) is 0.500. The molecule has 112 valence electrons. The second kappa shape index (κ2) is 5.01. The number of nitro groups is 1. The van der Waals surface area contributed by atoms with Crippen molar-refractivity contribution in [3.63, 3.8) is 0 Å². The molecule has 11 heteroatoms. The maximum absolute atomic E-state index is 11.6. The molecular formula is C10H14N8O3. The zero-order chi connectivity index (χ0) is 15.0. The summed E-state index contributed by atoms with van der Waals surface area (Å²) in [5, 5.41) is 13.9. The molecule has 0 aliphatic carbocycles. The average Bonchev–Trinajstić information content (AvgIpc) is 2.87. The van der Waals surface area contributed by atoms with Gasteiger partial charge in [-0.15, -0.1) is 0 Å². The van der Waals surface area contributed by atoms with Gasteiger partial charge in [-0.05, 0) is 0 Å². The number of hydrogen-bond donors (Lipinski definition) is 3. The Morgan fingerprint density at radius 1 is 1.52 bits per heavy atom. The Bertz CT molecular complexity index is 594. The van der Waals surface area contributed by atoms with Crippen LogP contribution in [0.25, 0.3) is 0 Å². The van der Waals surface area contributed by atoms with E-state index < -0.39 is 4.92 Å². The molecule has 3 heterocycles. The van der Waals surface area contributed by atoms with Gasteiger partial charge in [0.2, 0.25) is 11.8 Å². The molecule has 11 nitrogen and oxygen atoms in total. The third kappa shape index (κ3) is 2.27. The van der Waals surface area contributed by atoms with E-state index in [0.29, 0.717) is 26.2 Å². The van der Waals surface area contributed by atoms with Crippen LogP contribution < -0.4 is 21.5 Å². The van der Waals surface area contributed by atoms with E-state index in [1.54, 1.807) is 9.80 Å². The fourth-order valence-electron chi connectivity index (χ4n) is 2.59. The normalized spacial score (nSPS) is 21.0. The molecule has 0 bridgehead atoms. The van der Waals surface area contributed by atoms with Gasteiger partial charge in [0.05, 0.1) is 11.0 Å². The maximum atomic E-state index is 11.6. The number of rotatable bonds is 3. The van der Waals surface area contributed by atoms with Crippen molar-refractivity contribution in [1.82, 2.24) is 20.2 Å². The van der Waals surface area contributed by atoms with Gasteiger partial charge in [0.15, 0.2) is 0 Å². The predicted molar refractivity (Wildman–Crippen MR) is 72.6 cm³/mol. The lowest BCUT2D eigenvalue weighted by molar-refractivity contribution is -0.384. The summed E-state index contributed by atoms with van der Waals surface area (Å²) in [6.45, 7) is 1.95. The minimum absolute atomic E-state index is 0.0184. The maximum Gasteiger partial charge on any atom is 0.329 e. The highest BCUT2D eigenvalue weighted by Crippen LogP contribution is 2.28. The number of urea groups is 1. The lowest BCUT2D eigenvalue weighted by Crippen LogP contribution is -2.52. The highest BCUT2D eigenvalue weighted by Gasteiger charge is 2.37. The van der Waals surface area contributed by atoms with Gasteiger partial charge < -0.3 is 15.1 Å². The second-order valence-electron chi connectivity index (χ2n) is 4.78. The minimum atomic E-state index is -0.528. The number of piperazine rings is 1. The monoisotopic (exact) mass is 294 g/mol. The van der Waals surface area contributed by atoms with Crippen molar-refractivity contribution in [2.24, 2.45) is 5.84 Å². The van der Waals surface area contributed by atoms with Gasteiger partial charge in [-0.1, -0.05) is 0 Å². The van der Waals surface area contributed by atoms with Crippen LogP contribution in [0, 0.1) is 10.1 Å². The van der Waals surface area contributed by atoms with Crippen molar-refractivity contribution >= 4 is 23.5 Å². The Morgan fingerprint density at radius 2 is 2.33 bits per heavy atom. The van der Waals surface area contributed by atoms with Gasteiger partial charge in [-0.2, -0.15) is 4.98 Å². The SMILES string of the molecule is NNc1ncc([N+](=O)[O-])c(N2CCN3C(=O)NCC3C2)n1. The Morgan fingerprint density at radius 3 is 3.05 bits per heavy atom. The van der Waals surface area contributed by atoms with Crippen LogP contribution in [0.15, 0.2) is 6.20 Å². The molecule has 2 aliphatic heterocycles. The van der Waals surface area contributed by atoms with Crippen molar-refractivity contribution in [1.29, 1.82) is 0 Å². The van der Waals surface area contributed by atoms with E-state index in [0.717, 1.165) is 6.20 Å². The van der Waals surface area contributed by atoms with Crippen molar-refractivity contribution < 1.29 is 9.72 Å². The van der Waals surface area contributed by atoms with Gasteiger partial charge in [0.25, 0.3) is 0 Å². The third-order valence-corrected chi connectivity index (χ3v) is 3.61. The second-order valence-corrected chi connectivity index (χ2v) is 4.78. The van der Waals surface area contributed by atoms with E-state index in [9.17, 15) is 14.9 Å². The summed E-state index contributed by atoms with van der Waals surface area (Å²) in [6, 6.07) is -0.115. The van der Waals surface area contributed by atoms with Gasteiger partial charge in [0.1, 0.15) is 6.20 Å². The van der Waals surface area contributed by atoms with Crippen LogP contribution in [0.5, 0.6) is 0 Å². The van der Waals surface area contributed by atoms with E-state index >= 15 is 0 Å². The van der Waals surface area contributed by atoms with E-state index in [1.165, 1.54) is 0 Å². The molecule has 3 rings (SSSR count). The number of fused-ring (bicyclic) bond motifs is 1. The first-order valence-corrected chi connectivity index (χ1v) is 6.37. The summed E-state index contributed by atoms with van der Waals surface area (Å²) in [4.78, 5) is 33.5. The molecule has 2 saturated heterocycles. The number of hydrogen-bond acceptors (Lipinski definition) is 8. The number of aromatic nitrogens is 2. The average molecular weight is 294 g/mol. The molecule has 21 heavy (non-hydrogen) atoms. The predicted octanol–water partition coefficient (Wildman–Crippen LogP) is -1.12. The van der Waals surface area contributed by atoms with Crippen LogP contribution in [0.1, 0.15) is 0 Å². The highest BCUT2D eigenvalue weighted by atomic mass is 16.6. The molecule has 1 aromatic heterocycles. The molecule has 2 aliphatic rings. The number of anilines is 2. The van der Waals surface area contributed by atoms with Crippen LogP contribution in [0.2, 0.25) is 0 Å². The van der Waals surface area contributed by atoms with Crippen molar-refractivity contribution in [2.45, 2.75) is 6.04 Å². The zero-order valence-corrected chi connectivity index (χ0v) is 11.0. The van der Waals surface area contributed by atoms with E-state index in [4.69, 9.17) is 5.84 Å². The first-order valence-electron chi connectivity index (χ1n) is 6.37. The molecular weight excluding hydrogens is 280 g/mol. The van der Waals surface area contributed by atoms with Crippen LogP contribution >= 0.6 is 0 Å². The Balaban J connectivity index is 1.89. The Kier molecular flexibility index (Phi) is 3.17. The fourth-order valence-corrected chi connectivity index (χ4v) is 2.59. The van der Waals surface area contributed by atoms with Crippen molar-refractivity contribution in [3.05, 3.63) is 16.3 Å². The first kappa shape index (κ1) is 13.3. The first-order chi connectivity index (χ1) is 10.1. The number of nitrogens with two attached hydrogens (primary N) is 1. The lowest BCUT2D eigenvalue weighted by Gasteiger charge is -2.36. The lowest BCUT2D eigenvalue weighted by atomic mass is 10.2. The van der Waals surface area contributed by atoms with Gasteiger partial charge in [-0.3, -0.25) is 15.5 Å². The molecule has 0 spiro atoms. The number of carbonyl (C=O) groups excluding carboxylic acids is 1. The topological polar surface area (TPSA) is 143 Å². The van der Waals surface area contributed by atoms with Crippen LogP contribution in [0.4, 0.5) is 22.2 Å². The quantitative estimate of drug-likeness (QED) is 0.361. The Hall–Kier alpha value is -2.69. The minimum Gasteiger partial charge on any atom is -0.347 e. The van der Waals surface area contributed by atoms with Crippen LogP contribution in [0.3, 0.4) is 0 Å². The summed E-state index contributed by atoms with van der Waals surface area (Å²) in [7, 11) is 0. The molecule has 1 atom stereocenters. The molecule has 1 aromatic rings. The molecule has 4 N–H and O–H groups in total. The largest absolute Gasteiger partial charge is 0.347 e. The third-order valence-electron chi connectivity index (χ3n) is 3.61. The van der Waals surface area contributed by atoms with E-state index in [1.807, 2.05) is 0 Å². The summed E-state index contributed by atoms with van der Waals surface area (Å²) in [5.41, 5.74) is 2.10. The molecule has 0 saturated carbocycles. The van der Waals surface area contributed by atoms with Gasteiger partial charge in [0, 0.05) is 26.2 Å². The number of nitrogens with zero attached hydrogens (tertiary/aromatic N) is 5. The number of amides is 2. The van der Waals surface area contributed by atoms with Crippen LogP contribution in [-0.4, -0.2) is 58.0 Å². The summed E-state index contributed by atoms with van der Waals surface area (Å²) >= 11 is 0. The molecule has 2 fully saturated rings. The summed E-state index contributed by atoms with van der Waals surface area (Å²) in [5.74, 6) is 5.57. The standard InChI is InChI=1S/C10H14N8O3/c11-15-9-12-4-7(18(20)21)8(14-9)16-1-2-17-6(5-16)3-13-10(17)19/h4,6H,1-3,5,11H2,(H,13,19)(H,12,14,15). The Labute approximate surface area is 119 Å². The number of nitrogens with one attached hydrogen (secondary N) is 2. The summed E-state index contributed by atoms with van der Waals surface area (Å²) in [6.07, 6.45) is 1.13. The van der Waals surface area contributed by atoms with Gasteiger partial charge in [-0.25, -0.2) is 15.6 Å². The smallest absolute Gasteiger partial charge is 0.329 e. The zero-order valence-electron chi connectivity index (χ0n) is 11.0. The van der Waals surface area contributed by atoms with Gasteiger partial charge >= 0.3 is 11.7 Å². The number of hydrazine groups is 1. The number of carbonyl (C=O) groups is 1. The molecule has 2 amide bonds. The van der Waals surface area contributed by atoms with E-state index in [2.05, 4.69) is 20.7 Å². The summed E-state index contributed by atoms with van der Waals surface area (Å²) < 4.78 is 0. The van der Waals surface area contributed by atoms with E-state index in [-0.39, 0.29) is 29.5 Å². The molecule has 1 unspecified atom stereocenters. The number of nitrogen functional groups attached to an aromatic ring is 1. The van der Waals surface area contributed by atoms with Crippen molar-refractivity contribution in [3.8, 4) is 0 Å².